The van der Waals surface area contributed by atoms with Gasteiger partial charge in [-0.1, -0.05) is 35.4 Å². The molecule has 6 heteroatoms. The first kappa shape index (κ1) is 26.9. The van der Waals surface area contributed by atoms with Crippen molar-refractivity contribution in [3.63, 3.8) is 0 Å². The van der Waals surface area contributed by atoms with Crippen LogP contribution in [0.1, 0.15) is 96.8 Å². The van der Waals surface area contributed by atoms with Crippen LogP contribution in [0, 0.1) is 35.0 Å². The van der Waals surface area contributed by atoms with Crippen LogP contribution in [0.5, 0.6) is 0 Å². The molecule has 2 aliphatic heterocycles. The van der Waals surface area contributed by atoms with E-state index in [1.165, 1.54) is 6.42 Å². The Labute approximate surface area is 225 Å². The zero-order valence-corrected chi connectivity index (χ0v) is 23.4. The molecule has 2 saturated heterocycles. The third kappa shape index (κ3) is 6.12. The fraction of sp³-hybridized carbons (Fsp3) is 0.833. The second-order valence-corrected chi connectivity index (χ2v) is 12.5. The van der Waals surface area contributed by atoms with E-state index in [9.17, 15) is 4.79 Å². The van der Waals surface area contributed by atoms with Crippen molar-refractivity contribution in [2.45, 2.75) is 122 Å². The van der Waals surface area contributed by atoms with Crippen LogP contribution < -0.4 is 0 Å². The lowest BCUT2D eigenvalue weighted by Crippen LogP contribution is -2.46. The first-order chi connectivity index (χ1) is 17.6. The highest BCUT2D eigenvalue weighted by Crippen LogP contribution is 2.54. The molecule has 36 heavy (non-hydrogen) atoms. The Hall–Kier alpha value is -0.710. The summed E-state index contributed by atoms with van der Waals surface area (Å²) in [6.07, 6.45) is 16.0. The first-order valence-corrected chi connectivity index (χ1v) is 15.3. The highest BCUT2D eigenvalue weighted by molar-refractivity contribution is 9.11. The molecule has 0 spiro atoms. The molecule has 0 aromatic carbocycles. The molecule has 0 bridgehead atoms. The molecule has 0 radical (unpaired) electrons. The maximum Gasteiger partial charge on any atom is 0.158 e. The molecule has 3 aliphatic carbocycles. The van der Waals surface area contributed by atoms with Gasteiger partial charge >= 0.3 is 0 Å². The lowest BCUT2D eigenvalue weighted by molar-refractivity contribution is -0.210. The number of ketones is 1. The van der Waals surface area contributed by atoms with Crippen molar-refractivity contribution in [1.29, 1.82) is 0 Å². The van der Waals surface area contributed by atoms with E-state index in [2.05, 4.69) is 40.8 Å². The van der Waals surface area contributed by atoms with Crippen molar-refractivity contribution in [3.8, 4) is 11.8 Å². The largest absolute Gasteiger partial charge is 0.353 e. The van der Waals surface area contributed by atoms with E-state index in [1.807, 2.05) is 0 Å². The van der Waals surface area contributed by atoms with Crippen LogP contribution in [-0.4, -0.2) is 43.8 Å². The predicted molar refractivity (Wildman–Crippen MR) is 142 cm³/mol. The Morgan fingerprint density at radius 1 is 1.08 bits per heavy atom. The number of halogens is 1. The van der Waals surface area contributed by atoms with E-state index >= 15 is 0 Å². The van der Waals surface area contributed by atoms with Gasteiger partial charge < -0.3 is 18.9 Å². The van der Waals surface area contributed by atoms with E-state index < -0.39 is 0 Å². The third-order valence-corrected chi connectivity index (χ3v) is 9.84. The maximum absolute atomic E-state index is 12.4. The van der Waals surface area contributed by atoms with Crippen LogP contribution >= 0.6 is 15.9 Å². The van der Waals surface area contributed by atoms with Crippen molar-refractivity contribution >= 4 is 21.7 Å². The average molecular weight is 564 g/mol. The smallest absolute Gasteiger partial charge is 0.158 e. The summed E-state index contributed by atoms with van der Waals surface area (Å²) >= 11 is 4.03. The van der Waals surface area contributed by atoms with Crippen molar-refractivity contribution in [1.82, 2.24) is 0 Å². The van der Waals surface area contributed by atoms with Gasteiger partial charge in [0.2, 0.25) is 0 Å². The summed E-state index contributed by atoms with van der Waals surface area (Å²) < 4.78 is 26.4. The third-order valence-electron chi connectivity index (χ3n) is 9.16. The molecule has 5 nitrogen and oxygen atoms in total. The number of fused-ring (bicyclic) bond motifs is 1. The summed E-state index contributed by atoms with van der Waals surface area (Å²) in [5, 5.41) is 0. The van der Waals surface area contributed by atoms with Gasteiger partial charge in [-0.3, -0.25) is 4.79 Å². The predicted octanol–water partition coefficient (Wildman–Crippen LogP) is 6.68. The van der Waals surface area contributed by atoms with Gasteiger partial charge in [-0.15, -0.1) is 11.8 Å². The van der Waals surface area contributed by atoms with Gasteiger partial charge in [0.1, 0.15) is 5.78 Å². The average Bonchev–Trinajstić information content (AvgIpc) is 3.37. The van der Waals surface area contributed by atoms with Gasteiger partial charge in [-0.05, 0) is 69.6 Å². The highest BCUT2D eigenvalue weighted by Gasteiger charge is 2.51. The molecule has 3 saturated carbocycles. The second kappa shape index (κ2) is 12.4. The summed E-state index contributed by atoms with van der Waals surface area (Å²) in [7, 11) is 0. The van der Waals surface area contributed by atoms with Gasteiger partial charge in [0.25, 0.3) is 0 Å². The standard InChI is InChI=1S/C30H43BrO5/c1-2-3-6-12-30(13-9-14-30)29(36-28-11-5-8-16-34-28)25(31)20-24-23-19-22(32)17-21(23)18-26(24)35-27-10-4-7-15-33-27/h20-21,23-24,26-29H,2,4-5,7-19H2,1H3/t21-,23-,24-,26+,27?,28?,29+/m0/s1. The Kier molecular flexibility index (Phi) is 9.28. The molecule has 0 aromatic rings. The molecule has 5 aliphatic rings. The summed E-state index contributed by atoms with van der Waals surface area (Å²) in [5.74, 6) is 8.10. The lowest BCUT2D eigenvalue weighted by atomic mass is 9.63. The molecule has 0 N–H and O–H groups in total. The van der Waals surface area contributed by atoms with Crippen LogP contribution in [0.4, 0.5) is 0 Å². The lowest BCUT2D eigenvalue weighted by Gasteiger charge is -2.48. The van der Waals surface area contributed by atoms with E-state index in [-0.39, 0.29) is 36.1 Å². The first-order valence-electron chi connectivity index (χ1n) is 14.5. The van der Waals surface area contributed by atoms with Crippen molar-refractivity contribution < 1.29 is 23.7 Å². The summed E-state index contributed by atoms with van der Waals surface area (Å²) in [6.45, 7) is 3.66. The van der Waals surface area contributed by atoms with Crippen LogP contribution in [-0.2, 0) is 23.7 Å². The molecular weight excluding hydrogens is 520 g/mol. The Balaban J connectivity index is 1.39. The molecule has 200 valence electrons. The van der Waals surface area contributed by atoms with E-state index in [0.717, 1.165) is 88.3 Å². The van der Waals surface area contributed by atoms with Gasteiger partial charge in [-0.2, -0.15) is 0 Å². The van der Waals surface area contributed by atoms with Crippen LogP contribution in [0.15, 0.2) is 10.6 Å². The number of carbonyl (C=O) groups excluding carboxylic acids is 1. The Morgan fingerprint density at radius 2 is 1.83 bits per heavy atom. The van der Waals surface area contributed by atoms with Gasteiger partial charge in [0, 0.05) is 54.7 Å². The molecule has 7 atom stereocenters. The second-order valence-electron chi connectivity index (χ2n) is 11.6. The number of hydrogen-bond donors (Lipinski definition) is 0. The minimum absolute atomic E-state index is 0.0185. The van der Waals surface area contributed by atoms with Crippen molar-refractivity contribution in [2.75, 3.05) is 13.2 Å². The maximum atomic E-state index is 12.4. The van der Waals surface area contributed by atoms with Gasteiger partial charge in [0.05, 0.1) is 12.2 Å². The number of carbonyl (C=O) groups is 1. The van der Waals surface area contributed by atoms with Gasteiger partial charge in [0.15, 0.2) is 12.6 Å². The minimum Gasteiger partial charge on any atom is -0.353 e. The summed E-state index contributed by atoms with van der Waals surface area (Å²) in [6, 6.07) is 0. The van der Waals surface area contributed by atoms with E-state index in [4.69, 9.17) is 18.9 Å². The fourth-order valence-electron chi connectivity index (χ4n) is 7.06. The molecular formula is C30H43BrO5. The monoisotopic (exact) mass is 562 g/mol. The molecule has 0 aromatic heterocycles. The molecule has 5 rings (SSSR count). The fourth-order valence-corrected chi connectivity index (χ4v) is 7.96. The Bertz CT molecular complexity index is 843. The van der Waals surface area contributed by atoms with Crippen LogP contribution in [0.25, 0.3) is 0 Å². The van der Waals surface area contributed by atoms with Crippen molar-refractivity contribution in [2.24, 2.45) is 23.2 Å². The van der Waals surface area contributed by atoms with E-state index in [1.54, 1.807) is 0 Å². The van der Waals surface area contributed by atoms with E-state index in [0.29, 0.717) is 30.5 Å². The van der Waals surface area contributed by atoms with Crippen LogP contribution in [0.3, 0.4) is 0 Å². The molecule has 2 unspecified atom stereocenters. The normalized spacial score (nSPS) is 37.1. The molecule has 5 fully saturated rings. The molecule has 0 amide bonds. The summed E-state index contributed by atoms with van der Waals surface area (Å²) in [5.41, 5.74) is 0.0185. The topological polar surface area (TPSA) is 54.0 Å². The highest BCUT2D eigenvalue weighted by atomic mass is 79.9. The van der Waals surface area contributed by atoms with Crippen LogP contribution in [0.2, 0.25) is 0 Å². The number of rotatable bonds is 8. The summed E-state index contributed by atoms with van der Waals surface area (Å²) in [4.78, 5) is 12.4. The quantitative estimate of drug-likeness (QED) is 0.309. The molecule has 2 heterocycles. The Morgan fingerprint density at radius 3 is 2.47 bits per heavy atom. The van der Waals surface area contributed by atoms with Crippen molar-refractivity contribution in [3.05, 3.63) is 10.6 Å². The number of Topliss-reactive ketones (excluding diaryl/α,β-unsaturated/α-hetero) is 1. The zero-order valence-electron chi connectivity index (χ0n) is 21.9. The number of hydrogen-bond acceptors (Lipinski definition) is 5. The van der Waals surface area contributed by atoms with Gasteiger partial charge in [-0.25, -0.2) is 0 Å². The minimum atomic E-state index is -0.159. The zero-order chi connectivity index (χ0) is 25.0. The SMILES string of the molecule is CCC#CCC1([C@H](OC2CCCCO2)C(Br)=C[C@H]2[C@H]3CC(=O)C[C@H]3C[C@H]2OC2CCCCO2)CCC1. The number of ether oxygens (including phenoxy) is 4.